The smallest absolute Gasteiger partial charge is 0.236 e. The van der Waals surface area contributed by atoms with Crippen LogP contribution < -0.4 is 10.5 Å². The third kappa shape index (κ3) is 1.61. The maximum Gasteiger partial charge on any atom is 0.236 e. The van der Waals surface area contributed by atoms with Gasteiger partial charge in [0.05, 0.1) is 7.11 Å². The molecule has 0 saturated carbocycles. The molecule has 0 aliphatic heterocycles. The molecule has 1 aromatic heterocycles. The molecule has 0 amide bonds. The summed E-state index contributed by atoms with van der Waals surface area (Å²) in [5.41, 5.74) is 6.48. The summed E-state index contributed by atoms with van der Waals surface area (Å²) in [5, 5.41) is 4.14. The molecule has 5 heteroatoms. The largest absolute Gasteiger partial charge is 0.480 e. The molecule has 4 nitrogen and oxygen atoms in total. The Morgan fingerprint density at radius 2 is 2.33 bits per heavy atom. The van der Waals surface area contributed by atoms with Gasteiger partial charge in [-0.1, -0.05) is 0 Å². The fourth-order valence-electron chi connectivity index (χ4n) is 1.04. The third-order valence-corrected chi connectivity index (χ3v) is 2.61. The van der Waals surface area contributed by atoms with Crippen LogP contribution in [-0.2, 0) is 13.5 Å². The average Bonchev–Trinajstić information content (AvgIpc) is 2.33. The minimum absolute atomic E-state index is 0.598. The molecule has 2 N–H and O–H groups in total. The molecule has 0 atom stereocenters. The standard InChI is InChI=1S/C7H12BrN3O/c1-11-6(8)5(3-4-9)7(10-11)12-2/h3-4,9H2,1-2H3. The molecule has 1 rings (SSSR count). The summed E-state index contributed by atoms with van der Waals surface area (Å²) in [4.78, 5) is 0. The summed E-state index contributed by atoms with van der Waals surface area (Å²) >= 11 is 3.41. The van der Waals surface area contributed by atoms with E-state index in [1.54, 1.807) is 11.8 Å². The lowest BCUT2D eigenvalue weighted by atomic mass is 10.2. The van der Waals surface area contributed by atoms with Crippen molar-refractivity contribution < 1.29 is 4.74 Å². The number of nitrogens with two attached hydrogens (primary N) is 1. The van der Waals surface area contributed by atoms with Gasteiger partial charge < -0.3 is 10.5 Å². The number of nitrogens with zero attached hydrogens (tertiary/aromatic N) is 2. The van der Waals surface area contributed by atoms with Crippen molar-refractivity contribution in [2.45, 2.75) is 6.42 Å². The van der Waals surface area contributed by atoms with Gasteiger partial charge >= 0.3 is 0 Å². The lowest BCUT2D eigenvalue weighted by Gasteiger charge is -1.98. The fraction of sp³-hybridized carbons (Fsp3) is 0.571. The summed E-state index contributed by atoms with van der Waals surface area (Å²) in [5.74, 6) is 0.648. The molecule has 1 heterocycles. The Hall–Kier alpha value is -0.550. The van der Waals surface area contributed by atoms with Crippen LogP contribution in [0.15, 0.2) is 4.60 Å². The van der Waals surface area contributed by atoms with Crippen LogP contribution in [0.1, 0.15) is 5.56 Å². The van der Waals surface area contributed by atoms with Crippen molar-refractivity contribution in [3.05, 3.63) is 10.2 Å². The topological polar surface area (TPSA) is 53.1 Å². The van der Waals surface area contributed by atoms with Gasteiger partial charge in [-0.3, -0.25) is 4.68 Å². The first-order chi connectivity index (χ1) is 5.70. The summed E-state index contributed by atoms with van der Waals surface area (Å²) in [6.45, 7) is 0.598. The number of hydrogen-bond donors (Lipinski definition) is 1. The first-order valence-electron chi connectivity index (χ1n) is 3.66. The van der Waals surface area contributed by atoms with E-state index in [0.29, 0.717) is 12.4 Å². The number of halogens is 1. The molecule has 1 aromatic rings. The van der Waals surface area contributed by atoms with Gasteiger partial charge in [-0.2, -0.15) is 0 Å². The predicted octanol–water partition coefficient (Wildman–Crippen LogP) is 0.692. The SMILES string of the molecule is COc1nn(C)c(Br)c1CCN. The van der Waals surface area contributed by atoms with E-state index in [4.69, 9.17) is 10.5 Å². The van der Waals surface area contributed by atoms with E-state index in [1.807, 2.05) is 7.05 Å². The van der Waals surface area contributed by atoms with E-state index >= 15 is 0 Å². The van der Waals surface area contributed by atoms with Crippen LogP contribution in [0.2, 0.25) is 0 Å². The molecular weight excluding hydrogens is 222 g/mol. The zero-order valence-electron chi connectivity index (χ0n) is 7.17. The van der Waals surface area contributed by atoms with E-state index in [0.717, 1.165) is 16.6 Å². The number of ether oxygens (including phenoxy) is 1. The van der Waals surface area contributed by atoms with Gasteiger partial charge in [0.1, 0.15) is 4.60 Å². The maximum absolute atomic E-state index is 5.45. The summed E-state index contributed by atoms with van der Waals surface area (Å²) in [6.07, 6.45) is 0.775. The second-order valence-corrected chi connectivity index (χ2v) is 3.19. The average molecular weight is 234 g/mol. The van der Waals surface area contributed by atoms with Crippen molar-refractivity contribution in [3.8, 4) is 5.88 Å². The van der Waals surface area contributed by atoms with Crippen LogP contribution in [0.4, 0.5) is 0 Å². The fourth-order valence-corrected chi connectivity index (χ4v) is 1.49. The Bertz CT molecular complexity index is 272. The Kier molecular flexibility index (Phi) is 3.11. The van der Waals surface area contributed by atoms with Gasteiger partial charge in [-0.25, -0.2) is 0 Å². The number of rotatable bonds is 3. The zero-order chi connectivity index (χ0) is 9.14. The monoisotopic (exact) mass is 233 g/mol. The van der Waals surface area contributed by atoms with E-state index in [2.05, 4.69) is 21.0 Å². The molecule has 0 aliphatic carbocycles. The van der Waals surface area contributed by atoms with Crippen molar-refractivity contribution in [2.75, 3.05) is 13.7 Å². The van der Waals surface area contributed by atoms with Crippen LogP contribution in [0, 0.1) is 0 Å². The number of methoxy groups -OCH3 is 1. The van der Waals surface area contributed by atoms with E-state index < -0.39 is 0 Å². The van der Waals surface area contributed by atoms with Crippen molar-refractivity contribution in [1.29, 1.82) is 0 Å². The van der Waals surface area contributed by atoms with Crippen LogP contribution >= 0.6 is 15.9 Å². The minimum Gasteiger partial charge on any atom is -0.480 e. The minimum atomic E-state index is 0.598. The highest BCUT2D eigenvalue weighted by Gasteiger charge is 2.12. The molecule has 0 saturated heterocycles. The quantitative estimate of drug-likeness (QED) is 0.837. The predicted molar refractivity (Wildman–Crippen MR) is 50.2 cm³/mol. The van der Waals surface area contributed by atoms with E-state index in [1.165, 1.54) is 0 Å². The molecular formula is C7H12BrN3O. The molecule has 12 heavy (non-hydrogen) atoms. The van der Waals surface area contributed by atoms with Crippen LogP contribution in [0.25, 0.3) is 0 Å². The second-order valence-electron chi connectivity index (χ2n) is 2.44. The number of hydrogen-bond acceptors (Lipinski definition) is 3. The number of aryl methyl sites for hydroxylation is 1. The summed E-state index contributed by atoms with van der Waals surface area (Å²) in [7, 11) is 3.46. The highest BCUT2D eigenvalue weighted by Crippen LogP contribution is 2.25. The Morgan fingerprint density at radius 3 is 2.83 bits per heavy atom. The van der Waals surface area contributed by atoms with Crippen molar-refractivity contribution in [1.82, 2.24) is 9.78 Å². The van der Waals surface area contributed by atoms with Crippen LogP contribution in [0.3, 0.4) is 0 Å². The number of aromatic nitrogens is 2. The van der Waals surface area contributed by atoms with Crippen molar-refractivity contribution >= 4 is 15.9 Å². The van der Waals surface area contributed by atoms with Gasteiger partial charge in [0.2, 0.25) is 5.88 Å². The zero-order valence-corrected chi connectivity index (χ0v) is 8.76. The van der Waals surface area contributed by atoms with Gasteiger partial charge in [0.25, 0.3) is 0 Å². The molecule has 0 spiro atoms. The Labute approximate surface area is 79.8 Å². The van der Waals surface area contributed by atoms with Crippen LogP contribution in [-0.4, -0.2) is 23.4 Å². The van der Waals surface area contributed by atoms with Crippen molar-refractivity contribution in [3.63, 3.8) is 0 Å². The Balaban J connectivity index is 3.03. The first kappa shape index (κ1) is 9.54. The highest BCUT2D eigenvalue weighted by atomic mass is 79.9. The normalized spacial score (nSPS) is 10.3. The van der Waals surface area contributed by atoms with Crippen LogP contribution in [0.5, 0.6) is 5.88 Å². The van der Waals surface area contributed by atoms with Gasteiger partial charge in [0, 0.05) is 12.6 Å². The molecule has 0 fully saturated rings. The lowest BCUT2D eigenvalue weighted by molar-refractivity contribution is 0.388. The van der Waals surface area contributed by atoms with Gasteiger partial charge in [-0.05, 0) is 28.9 Å². The molecule has 0 aromatic carbocycles. The molecule has 0 radical (unpaired) electrons. The summed E-state index contributed by atoms with van der Waals surface area (Å²) < 4.78 is 7.74. The lowest BCUT2D eigenvalue weighted by Crippen LogP contribution is -2.03. The first-order valence-corrected chi connectivity index (χ1v) is 4.45. The van der Waals surface area contributed by atoms with E-state index in [-0.39, 0.29) is 0 Å². The molecule has 0 unspecified atom stereocenters. The van der Waals surface area contributed by atoms with Crippen molar-refractivity contribution in [2.24, 2.45) is 12.8 Å². The van der Waals surface area contributed by atoms with Gasteiger partial charge in [0.15, 0.2) is 0 Å². The maximum atomic E-state index is 5.45. The third-order valence-electron chi connectivity index (χ3n) is 1.62. The highest BCUT2D eigenvalue weighted by molar-refractivity contribution is 9.10. The Morgan fingerprint density at radius 1 is 1.67 bits per heavy atom. The molecule has 0 aliphatic rings. The second kappa shape index (κ2) is 3.91. The molecule has 0 bridgehead atoms. The van der Waals surface area contributed by atoms with Gasteiger partial charge in [-0.15, -0.1) is 5.10 Å². The summed E-state index contributed by atoms with van der Waals surface area (Å²) in [6, 6.07) is 0. The van der Waals surface area contributed by atoms with E-state index in [9.17, 15) is 0 Å². The molecule has 68 valence electrons.